The standard InChI is InChI=1S/C14H25N3O/c1-5-15-12(3)14-8-7-13(11-16-14)17(4)9-10-18-6-2/h7-8,11-12,15H,5-6,9-10H2,1-4H3. The van der Waals surface area contributed by atoms with E-state index in [1.165, 1.54) is 0 Å². The topological polar surface area (TPSA) is 37.4 Å². The molecular formula is C14H25N3O. The van der Waals surface area contributed by atoms with E-state index in [1.54, 1.807) is 0 Å². The molecule has 0 radical (unpaired) electrons. The highest BCUT2D eigenvalue weighted by Crippen LogP contribution is 2.15. The minimum absolute atomic E-state index is 0.304. The normalized spacial score (nSPS) is 12.4. The highest BCUT2D eigenvalue weighted by Gasteiger charge is 2.06. The molecule has 18 heavy (non-hydrogen) atoms. The predicted octanol–water partition coefficient (Wildman–Crippen LogP) is 2.22. The van der Waals surface area contributed by atoms with E-state index in [0.717, 1.165) is 37.7 Å². The van der Waals surface area contributed by atoms with Crippen LogP contribution in [0.5, 0.6) is 0 Å². The molecule has 1 atom stereocenters. The van der Waals surface area contributed by atoms with Gasteiger partial charge in [0.05, 0.1) is 24.2 Å². The molecule has 0 aliphatic carbocycles. The molecule has 0 spiro atoms. The van der Waals surface area contributed by atoms with Crippen molar-refractivity contribution in [1.82, 2.24) is 10.3 Å². The quantitative estimate of drug-likeness (QED) is 0.719. The van der Waals surface area contributed by atoms with Crippen LogP contribution < -0.4 is 10.2 Å². The van der Waals surface area contributed by atoms with Crippen LogP contribution in [0.25, 0.3) is 0 Å². The van der Waals surface area contributed by atoms with Gasteiger partial charge in [-0.1, -0.05) is 6.92 Å². The molecule has 1 unspecified atom stereocenters. The van der Waals surface area contributed by atoms with E-state index in [1.807, 2.05) is 13.1 Å². The van der Waals surface area contributed by atoms with Crippen molar-refractivity contribution in [2.45, 2.75) is 26.8 Å². The fourth-order valence-corrected chi connectivity index (χ4v) is 1.77. The van der Waals surface area contributed by atoms with E-state index in [4.69, 9.17) is 4.74 Å². The highest BCUT2D eigenvalue weighted by molar-refractivity contribution is 5.43. The van der Waals surface area contributed by atoms with E-state index in [2.05, 4.69) is 48.2 Å². The first kappa shape index (κ1) is 14.9. The number of nitrogens with zero attached hydrogens (tertiary/aromatic N) is 2. The first-order valence-electron chi connectivity index (χ1n) is 6.67. The van der Waals surface area contributed by atoms with Crippen LogP contribution in [0.2, 0.25) is 0 Å². The molecule has 1 N–H and O–H groups in total. The zero-order valence-corrected chi connectivity index (χ0v) is 11.9. The van der Waals surface area contributed by atoms with Gasteiger partial charge in [0.1, 0.15) is 0 Å². The average molecular weight is 251 g/mol. The zero-order chi connectivity index (χ0) is 13.4. The summed E-state index contributed by atoms with van der Waals surface area (Å²) in [4.78, 5) is 6.66. The molecule has 1 aromatic rings. The SMILES string of the molecule is CCNC(C)c1ccc(N(C)CCOCC)cn1. The smallest absolute Gasteiger partial charge is 0.0641 e. The van der Waals surface area contributed by atoms with Crippen molar-refractivity contribution >= 4 is 5.69 Å². The summed E-state index contributed by atoms with van der Waals surface area (Å²) in [6, 6.07) is 4.50. The van der Waals surface area contributed by atoms with Gasteiger partial charge in [-0.3, -0.25) is 4.98 Å². The van der Waals surface area contributed by atoms with E-state index in [0.29, 0.717) is 6.04 Å². The lowest BCUT2D eigenvalue weighted by Gasteiger charge is -2.19. The van der Waals surface area contributed by atoms with Gasteiger partial charge in [0.25, 0.3) is 0 Å². The maximum Gasteiger partial charge on any atom is 0.0641 e. The molecule has 4 heteroatoms. The maximum atomic E-state index is 5.35. The molecule has 1 rings (SSSR count). The third kappa shape index (κ3) is 4.63. The van der Waals surface area contributed by atoms with Gasteiger partial charge in [0.2, 0.25) is 0 Å². The third-order valence-corrected chi connectivity index (χ3v) is 2.94. The molecular weight excluding hydrogens is 226 g/mol. The van der Waals surface area contributed by atoms with Crippen LogP contribution in [0.3, 0.4) is 0 Å². The van der Waals surface area contributed by atoms with E-state index in [9.17, 15) is 0 Å². The van der Waals surface area contributed by atoms with Gasteiger partial charge in [0.15, 0.2) is 0 Å². The molecule has 0 bridgehead atoms. The Bertz CT molecular complexity index is 326. The summed E-state index contributed by atoms with van der Waals surface area (Å²) in [5.74, 6) is 0. The fourth-order valence-electron chi connectivity index (χ4n) is 1.77. The maximum absolute atomic E-state index is 5.35. The minimum Gasteiger partial charge on any atom is -0.380 e. The molecule has 1 aromatic heterocycles. The van der Waals surface area contributed by atoms with Gasteiger partial charge in [-0.15, -0.1) is 0 Å². The van der Waals surface area contributed by atoms with Crippen molar-refractivity contribution < 1.29 is 4.74 Å². The van der Waals surface area contributed by atoms with Gasteiger partial charge < -0.3 is 15.0 Å². The summed E-state index contributed by atoms with van der Waals surface area (Å²) in [6.07, 6.45) is 1.93. The first-order valence-corrected chi connectivity index (χ1v) is 6.67. The molecule has 0 fully saturated rings. The molecule has 102 valence electrons. The number of pyridine rings is 1. The Morgan fingerprint density at radius 2 is 2.17 bits per heavy atom. The van der Waals surface area contributed by atoms with Crippen molar-refractivity contribution in [2.24, 2.45) is 0 Å². The Morgan fingerprint density at radius 3 is 2.72 bits per heavy atom. The summed E-state index contributed by atoms with van der Waals surface area (Å²) < 4.78 is 5.35. The van der Waals surface area contributed by atoms with Gasteiger partial charge in [-0.2, -0.15) is 0 Å². The predicted molar refractivity (Wildman–Crippen MR) is 76.1 cm³/mol. The minimum atomic E-state index is 0.304. The largest absolute Gasteiger partial charge is 0.380 e. The van der Waals surface area contributed by atoms with Crippen molar-refractivity contribution in [3.8, 4) is 0 Å². The Balaban J connectivity index is 2.53. The Morgan fingerprint density at radius 1 is 1.39 bits per heavy atom. The lowest BCUT2D eigenvalue weighted by molar-refractivity contribution is 0.154. The number of nitrogens with one attached hydrogen (secondary N) is 1. The van der Waals surface area contributed by atoms with Crippen LogP contribution in [0, 0.1) is 0 Å². The number of ether oxygens (including phenoxy) is 1. The number of likely N-dealkylation sites (N-methyl/N-ethyl adjacent to an activating group) is 1. The number of hydrogen-bond donors (Lipinski definition) is 1. The van der Waals surface area contributed by atoms with Crippen LogP contribution in [0.1, 0.15) is 32.5 Å². The van der Waals surface area contributed by atoms with E-state index < -0.39 is 0 Å². The van der Waals surface area contributed by atoms with Crippen molar-refractivity contribution in [3.05, 3.63) is 24.0 Å². The molecule has 0 aliphatic heterocycles. The monoisotopic (exact) mass is 251 g/mol. The average Bonchev–Trinajstić information content (AvgIpc) is 2.39. The van der Waals surface area contributed by atoms with Gasteiger partial charge in [-0.05, 0) is 32.5 Å². The lowest BCUT2D eigenvalue weighted by atomic mass is 10.2. The summed E-state index contributed by atoms with van der Waals surface area (Å²) in [7, 11) is 2.06. The Kier molecular flexibility index (Phi) is 6.68. The first-order chi connectivity index (χ1) is 8.69. The molecule has 0 amide bonds. The molecule has 0 aromatic carbocycles. The molecule has 0 saturated heterocycles. The molecule has 0 saturated carbocycles. The number of anilines is 1. The fraction of sp³-hybridized carbons (Fsp3) is 0.643. The Labute approximate surface area is 110 Å². The van der Waals surface area contributed by atoms with Crippen LogP contribution in [0.4, 0.5) is 5.69 Å². The lowest BCUT2D eigenvalue weighted by Crippen LogP contribution is -2.23. The summed E-state index contributed by atoms with van der Waals surface area (Å²) in [5, 5.41) is 3.36. The molecule has 0 aliphatic rings. The van der Waals surface area contributed by atoms with Crippen LogP contribution in [-0.4, -0.2) is 38.3 Å². The van der Waals surface area contributed by atoms with Crippen molar-refractivity contribution in [2.75, 3.05) is 38.3 Å². The second-order valence-corrected chi connectivity index (χ2v) is 4.34. The summed E-state index contributed by atoms with van der Waals surface area (Å²) >= 11 is 0. The van der Waals surface area contributed by atoms with Crippen molar-refractivity contribution in [3.63, 3.8) is 0 Å². The van der Waals surface area contributed by atoms with E-state index in [-0.39, 0.29) is 0 Å². The molecule has 4 nitrogen and oxygen atoms in total. The summed E-state index contributed by atoms with van der Waals surface area (Å²) in [6.45, 7) is 9.61. The third-order valence-electron chi connectivity index (χ3n) is 2.94. The van der Waals surface area contributed by atoms with Crippen molar-refractivity contribution in [1.29, 1.82) is 0 Å². The highest BCUT2D eigenvalue weighted by atomic mass is 16.5. The van der Waals surface area contributed by atoms with Gasteiger partial charge in [0, 0.05) is 26.2 Å². The number of rotatable bonds is 8. The van der Waals surface area contributed by atoms with Crippen LogP contribution >= 0.6 is 0 Å². The Hall–Kier alpha value is -1.13. The zero-order valence-electron chi connectivity index (χ0n) is 11.9. The second-order valence-electron chi connectivity index (χ2n) is 4.34. The van der Waals surface area contributed by atoms with Crippen LogP contribution in [0.15, 0.2) is 18.3 Å². The van der Waals surface area contributed by atoms with Crippen LogP contribution in [-0.2, 0) is 4.74 Å². The number of hydrogen-bond acceptors (Lipinski definition) is 4. The summed E-state index contributed by atoms with van der Waals surface area (Å²) in [5.41, 5.74) is 2.21. The molecule has 1 heterocycles. The van der Waals surface area contributed by atoms with Gasteiger partial charge >= 0.3 is 0 Å². The van der Waals surface area contributed by atoms with Gasteiger partial charge in [-0.25, -0.2) is 0 Å². The van der Waals surface area contributed by atoms with E-state index >= 15 is 0 Å². The number of aromatic nitrogens is 1. The second kappa shape index (κ2) is 8.06.